The van der Waals surface area contributed by atoms with Crippen LogP contribution in [-0.4, -0.2) is 40.0 Å². The Morgan fingerprint density at radius 2 is 2.33 bits per heavy atom. The molecule has 2 rings (SSSR count). The molecule has 18 heavy (non-hydrogen) atoms. The van der Waals surface area contributed by atoms with E-state index in [2.05, 4.69) is 4.98 Å². The molecule has 2 heterocycles. The maximum Gasteiger partial charge on any atom is 0.254 e. The molecule has 0 radical (unpaired) electrons. The summed E-state index contributed by atoms with van der Waals surface area (Å²) in [5, 5.41) is 9.28. The van der Waals surface area contributed by atoms with Gasteiger partial charge in [0.1, 0.15) is 0 Å². The summed E-state index contributed by atoms with van der Waals surface area (Å²) in [5.41, 5.74) is 5.54. The Labute approximate surface area is 104 Å². The Hall–Kier alpha value is -1.82. The number of hydrogen-bond acceptors (Lipinski definition) is 4. The Kier molecular flexibility index (Phi) is 3.38. The number of H-pyrrole nitrogens is 1. The van der Waals surface area contributed by atoms with E-state index < -0.39 is 5.56 Å². The monoisotopic (exact) mass is 251 g/mol. The van der Waals surface area contributed by atoms with Crippen LogP contribution in [0.4, 0.5) is 0 Å². The summed E-state index contributed by atoms with van der Waals surface area (Å²) in [7, 11) is 0. The highest BCUT2D eigenvalue weighted by Gasteiger charge is 2.29. The minimum atomic E-state index is -0.485. The summed E-state index contributed by atoms with van der Waals surface area (Å²) in [6.07, 6.45) is 0.874. The lowest BCUT2D eigenvalue weighted by molar-refractivity contribution is 0.0785. The first-order chi connectivity index (χ1) is 8.47. The van der Waals surface area contributed by atoms with E-state index in [1.807, 2.05) is 6.92 Å². The number of rotatable bonds is 2. The Morgan fingerprint density at radius 1 is 1.61 bits per heavy atom. The molecule has 4 N–H and O–H groups in total. The molecule has 0 saturated carbocycles. The number of aromatic hydroxyl groups is 1. The molecular formula is C12H17N3O3. The fraction of sp³-hybridized carbons (Fsp3) is 0.500. The molecule has 98 valence electrons. The first-order valence-corrected chi connectivity index (χ1v) is 5.95. The number of nitrogens with zero attached hydrogens (tertiary/aromatic N) is 1. The molecular weight excluding hydrogens is 234 g/mol. The van der Waals surface area contributed by atoms with Gasteiger partial charge in [-0.05, 0) is 19.3 Å². The van der Waals surface area contributed by atoms with Crippen LogP contribution in [0.1, 0.15) is 23.7 Å². The molecule has 2 atom stereocenters. The number of amides is 1. The number of nitrogens with one attached hydrogen (secondary N) is 1. The number of likely N-dealkylation sites (tertiary alicyclic amines) is 1. The number of carbonyl (C=O) groups excluding carboxylic acids is 1. The van der Waals surface area contributed by atoms with Crippen molar-refractivity contribution in [2.75, 3.05) is 13.1 Å². The lowest BCUT2D eigenvalue weighted by Gasteiger charge is -2.18. The van der Waals surface area contributed by atoms with E-state index in [9.17, 15) is 14.7 Å². The lowest BCUT2D eigenvalue weighted by Crippen LogP contribution is -2.33. The van der Waals surface area contributed by atoms with Crippen molar-refractivity contribution >= 4 is 5.91 Å². The van der Waals surface area contributed by atoms with E-state index >= 15 is 0 Å². The molecule has 0 bridgehead atoms. The smallest absolute Gasteiger partial charge is 0.254 e. The number of carbonyl (C=O) groups is 1. The molecule has 0 spiro atoms. The van der Waals surface area contributed by atoms with Crippen molar-refractivity contribution in [2.45, 2.75) is 19.4 Å². The van der Waals surface area contributed by atoms with Gasteiger partial charge >= 0.3 is 0 Å². The minimum absolute atomic E-state index is 0.0513. The molecule has 1 aliphatic rings. The van der Waals surface area contributed by atoms with Gasteiger partial charge < -0.3 is 15.7 Å². The van der Waals surface area contributed by atoms with E-state index in [0.29, 0.717) is 19.0 Å². The molecule has 0 aromatic carbocycles. The highest BCUT2D eigenvalue weighted by atomic mass is 16.3. The van der Waals surface area contributed by atoms with Crippen LogP contribution >= 0.6 is 0 Å². The fourth-order valence-corrected chi connectivity index (χ4v) is 2.24. The lowest BCUT2D eigenvalue weighted by atomic mass is 10.0. The van der Waals surface area contributed by atoms with Gasteiger partial charge in [-0.15, -0.1) is 0 Å². The molecule has 2 unspecified atom stereocenters. The van der Waals surface area contributed by atoms with E-state index in [1.54, 1.807) is 4.90 Å². The molecule has 0 aliphatic carbocycles. The second kappa shape index (κ2) is 4.81. The topological polar surface area (TPSA) is 99.4 Å². The van der Waals surface area contributed by atoms with Crippen LogP contribution in [0.3, 0.4) is 0 Å². The predicted molar refractivity (Wildman–Crippen MR) is 66.4 cm³/mol. The van der Waals surface area contributed by atoms with Crippen molar-refractivity contribution in [2.24, 2.45) is 11.7 Å². The summed E-state index contributed by atoms with van der Waals surface area (Å²) >= 11 is 0. The molecule has 1 fully saturated rings. The minimum Gasteiger partial charge on any atom is -0.494 e. The molecule has 1 aromatic heterocycles. The molecule has 1 aliphatic heterocycles. The van der Waals surface area contributed by atoms with Crippen LogP contribution in [0, 0.1) is 5.92 Å². The van der Waals surface area contributed by atoms with Gasteiger partial charge in [0, 0.05) is 31.3 Å². The first-order valence-electron chi connectivity index (χ1n) is 5.95. The summed E-state index contributed by atoms with van der Waals surface area (Å²) in [6, 6.07) is 2.51. The zero-order valence-corrected chi connectivity index (χ0v) is 10.2. The number of pyridine rings is 1. The van der Waals surface area contributed by atoms with E-state index in [0.717, 1.165) is 6.42 Å². The SMILES string of the molecule is CC(N)C1CCN(C(=O)c2cc(O)[nH]c(=O)c2)C1. The van der Waals surface area contributed by atoms with Gasteiger partial charge in [0.15, 0.2) is 5.88 Å². The average molecular weight is 251 g/mol. The highest BCUT2D eigenvalue weighted by Crippen LogP contribution is 2.20. The van der Waals surface area contributed by atoms with Crippen molar-refractivity contribution in [3.8, 4) is 5.88 Å². The van der Waals surface area contributed by atoms with Crippen LogP contribution in [0.5, 0.6) is 5.88 Å². The van der Waals surface area contributed by atoms with E-state index in [4.69, 9.17) is 5.73 Å². The van der Waals surface area contributed by atoms with Crippen molar-refractivity contribution in [1.82, 2.24) is 9.88 Å². The van der Waals surface area contributed by atoms with Crippen molar-refractivity contribution in [1.29, 1.82) is 0 Å². The summed E-state index contributed by atoms with van der Waals surface area (Å²) in [5.74, 6) is -0.238. The number of hydrogen-bond donors (Lipinski definition) is 3. The molecule has 1 aromatic rings. The highest BCUT2D eigenvalue weighted by molar-refractivity contribution is 5.94. The maximum absolute atomic E-state index is 12.1. The standard InChI is InChI=1S/C12H17N3O3/c1-7(13)8-2-3-15(6-8)12(18)9-4-10(16)14-11(17)5-9/h4-5,7-8H,2-3,6,13H2,1H3,(H2,14,16,17). The third kappa shape index (κ3) is 2.53. The fourth-order valence-electron chi connectivity index (χ4n) is 2.24. The van der Waals surface area contributed by atoms with Crippen LogP contribution in [0.25, 0.3) is 0 Å². The molecule has 6 nitrogen and oxygen atoms in total. The molecule has 1 amide bonds. The summed E-state index contributed by atoms with van der Waals surface area (Å²) in [6.45, 7) is 3.17. The number of nitrogens with two attached hydrogens (primary N) is 1. The van der Waals surface area contributed by atoms with Gasteiger partial charge in [-0.2, -0.15) is 0 Å². The summed E-state index contributed by atoms with van der Waals surface area (Å²) < 4.78 is 0. The van der Waals surface area contributed by atoms with Crippen LogP contribution < -0.4 is 11.3 Å². The van der Waals surface area contributed by atoms with E-state index in [-0.39, 0.29) is 23.4 Å². The second-order valence-electron chi connectivity index (χ2n) is 4.78. The summed E-state index contributed by atoms with van der Waals surface area (Å²) in [4.78, 5) is 27.2. The van der Waals surface area contributed by atoms with E-state index in [1.165, 1.54) is 12.1 Å². The third-order valence-electron chi connectivity index (χ3n) is 3.33. The zero-order valence-electron chi connectivity index (χ0n) is 10.2. The Balaban J connectivity index is 2.15. The predicted octanol–water partition coefficient (Wildman–Crippen LogP) is -0.110. The van der Waals surface area contributed by atoms with Gasteiger partial charge in [-0.3, -0.25) is 14.6 Å². The van der Waals surface area contributed by atoms with Crippen molar-refractivity contribution in [3.05, 3.63) is 28.0 Å². The van der Waals surface area contributed by atoms with Crippen LogP contribution in [-0.2, 0) is 0 Å². The van der Waals surface area contributed by atoms with Gasteiger partial charge in [0.2, 0.25) is 0 Å². The Bertz CT molecular complexity index is 510. The van der Waals surface area contributed by atoms with Gasteiger partial charge in [0.05, 0.1) is 5.56 Å². The van der Waals surface area contributed by atoms with Crippen molar-refractivity contribution in [3.63, 3.8) is 0 Å². The van der Waals surface area contributed by atoms with Gasteiger partial charge in [0.25, 0.3) is 11.5 Å². The quantitative estimate of drug-likeness (QED) is 0.682. The van der Waals surface area contributed by atoms with Crippen molar-refractivity contribution < 1.29 is 9.90 Å². The Morgan fingerprint density at radius 3 is 2.89 bits per heavy atom. The number of aromatic nitrogens is 1. The maximum atomic E-state index is 12.1. The second-order valence-corrected chi connectivity index (χ2v) is 4.78. The number of aromatic amines is 1. The van der Waals surface area contributed by atoms with Crippen LogP contribution in [0.2, 0.25) is 0 Å². The molecule has 1 saturated heterocycles. The van der Waals surface area contributed by atoms with Gasteiger partial charge in [-0.1, -0.05) is 0 Å². The average Bonchev–Trinajstić information content (AvgIpc) is 2.75. The third-order valence-corrected chi connectivity index (χ3v) is 3.33. The van der Waals surface area contributed by atoms with Crippen LogP contribution in [0.15, 0.2) is 16.9 Å². The normalized spacial score (nSPS) is 21.0. The van der Waals surface area contributed by atoms with Gasteiger partial charge in [-0.25, -0.2) is 0 Å². The largest absolute Gasteiger partial charge is 0.494 e. The first kappa shape index (κ1) is 12.6. The zero-order chi connectivity index (χ0) is 13.3. The molecule has 6 heteroatoms.